The Morgan fingerprint density at radius 1 is 1.41 bits per heavy atom. The van der Waals surface area contributed by atoms with E-state index in [1.54, 1.807) is 0 Å². The van der Waals surface area contributed by atoms with Crippen LogP contribution in [0.4, 0.5) is 13.2 Å². The molecule has 0 radical (unpaired) electrons. The Morgan fingerprint density at radius 3 is 2.18 bits per heavy atom. The summed E-state index contributed by atoms with van der Waals surface area (Å²) in [6.07, 6.45) is -4.62. The summed E-state index contributed by atoms with van der Waals surface area (Å²) in [5.74, 6) is -2.86. The lowest BCUT2D eigenvalue weighted by atomic mass is 10.1. The molecule has 100 valence electrons. The molecule has 0 saturated carbocycles. The molecule has 1 saturated heterocycles. The smallest absolute Gasteiger partial charge is 0.330 e. The van der Waals surface area contributed by atoms with Gasteiger partial charge in [0.05, 0.1) is 5.92 Å². The molecule has 1 aliphatic rings. The summed E-state index contributed by atoms with van der Waals surface area (Å²) in [5, 5.41) is 0. The van der Waals surface area contributed by atoms with Crippen LogP contribution in [-0.4, -0.2) is 42.6 Å². The molecule has 0 aliphatic carbocycles. The molecule has 1 aliphatic heterocycles. The SMILES string of the molecule is CC1(C)C(=O)N(CC(CN)C(F)(F)F)S1(=O)=O. The third kappa shape index (κ3) is 2.01. The van der Waals surface area contributed by atoms with Crippen LogP contribution in [0, 0.1) is 5.92 Å². The number of carbonyl (C=O) groups is 1. The number of carbonyl (C=O) groups excluding carboxylic acids is 1. The van der Waals surface area contributed by atoms with Crippen LogP contribution in [0.3, 0.4) is 0 Å². The Balaban J connectivity index is 2.89. The molecule has 1 amide bonds. The zero-order valence-corrected chi connectivity index (χ0v) is 10.1. The molecule has 1 unspecified atom stereocenters. The van der Waals surface area contributed by atoms with Gasteiger partial charge in [0.2, 0.25) is 0 Å². The van der Waals surface area contributed by atoms with E-state index in [9.17, 15) is 26.4 Å². The number of sulfonamides is 1. The minimum atomic E-state index is -4.62. The van der Waals surface area contributed by atoms with Gasteiger partial charge in [-0.2, -0.15) is 13.2 Å². The lowest BCUT2D eigenvalue weighted by molar-refractivity contribution is -0.175. The maximum Gasteiger partial charge on any atom is 0.394 e. The Bertz CT molecular complexity index is 430. The highest BCUT2D eigenvalue weighted by molar-refractivity contribution is 7.94. The molecular formula is C8H13F3N2O3S. The fourth-order valence-corrected chi connectivity index (χ4v) is 3.02. The first kappa shape index (κ1) is 14.2. The van der Waals surface area contributed by atoms with Crippen molar-refractivity contribution in [2.24, 2.45) is 11.7 Å². The molecule has 9 heteroatoms. The van der Waals surface area contributed by atoms with E-state index in [0.29, 0.717) is 0 Å². The maximum absolute atomic E-state index is 12.4. The van der Waals surface area contributed by atoms with E-state index in [-0.39, 0.29) is 4.31 Å². The Hall–Kier alpha value is -0.830. The predicted octanol–water partition coefficient (Wildman–Crippen LogP) is 0.0742. The summed E-state index contributed by atoms with van der Waals surface area (Å²) in [6.45, 7) is 0.617. The first-order valence-corrected chi connectivity index (χ1v) is 6.23. The van der Waals surface area contributed by atoms with E-state index in [1.165, 1.54) is 0 Å². The topological polar surface area (TPSA) is 80.5 Å². The number of nitrogens with two attached hydrogens (primary N) is 1. The van der Waals surface area contributed by atoms with E-state index in [4.69, 9.17) is 5.73 Å². The van der Waals surface area contributed by atoms with Crippen molar-refractivity contribution in [1.29, 1.82) is 0 Å². The van der Waals surface area contributed by atoms with Crippen LogP contribution in [-0.2, 0) is 14.8 Å². The van der Waals surface area contributed by atoms with E-state index in [1.807, 2.05) is 0 Å². The molecule has 0 spiro atoms. The fraction of sp³-hybridized carbons (Fsp3) is 0.875. The summed E-state index contributed by atoms with van der Waals surface area (Å²) in [4.78, 5) is 11.4. The third-order valence-electron chi connectivity index (χ3n) is 2.81. The van der Waals surface area contributed by atoms with Crippen molar-refractivity contribution >= 4 is 15.9 Å². The van der Waals surface area contributed by atoms with Crippen molar-refractivity contribution in [1.82, 2.24) is 4.31 Å². The van der Waals surface area contributed by atoms with Crippen LogP contribution in [0.25, 0.3) is 0 Å². The fourth-order valence-electron chi connectivity index (χ4n) is 1.45. The van der Waals surface area contributed by atoms with Gasteiger partial charge in [0.15, 0.2) is 4.75 Å². The second kappa shape index (κ2) is 3.84. The van der Waals surface area contributed by atoms with E-state index in [2.05, 4.69) is 0 Å². The van der Waals surface area contributed by atoms with Gasteiger partial charge in [-0.3, -0.25) is 4.79 Å². The Labute approximate surface area is 96.8 Å². The number of amides is 1. The van der Waals surface area contributed by atoms with Crippen molar-refractivity contribution in [3.8, 4) is 0 Å². The van der Waals surface area contributed by atoms with Gasteiger partial charge in [-0.25, -0.2) is 12.7 Å². The average Bonchev–Trinajstić information content (AvgIpc) is 2.15. The molecule has 1 heterocycles. The van der Waals surface area contributed by atoms with Crippen molar-refractivity contribution in [3.05, 3.63) is 0 Å². The number of hydrogen-bond acceptors (Lipinski definition) is 4. The minimum Gasteiger partial charge on any atom is -0.330 e. The molecule has 0 aromatic rings. The van der Waals surface area contributed by atoms with Gasteiger partial charge in [0.1, 0.15) is 0 Å². The van der Waals surface area contributed by atoms with Crippen molar-refractivity contribution in [2.45, 2.75) is 24.8 Å². The standard InChI is InChI=1S/C8H13F3N2O3S/c1-7(2)6(14)13(17(7,15)16)4-5(3-12)8(9,10)11/h5H,3-4,12H2,1-2H3. The van der Waals surface area contributed by atoms with Crippen LogP contribution < -0.4 is 5.73 Å². The number of halogens is 3. The van der Waals surface area contributed by atoms with Gasteiger partial charge in [0.25, 0.3) is 15.9 Å². The van der Waals surface area contributed by atoms with Crippen LogP contribution in [0.2, 0.25) is 0 Å². The lowest BCUT2D eigenvalue weighted by Crippen LogP contribution is -2.68. The summed E-state index contributed by atoms with van der Waals surface area (Å²) >= 11 is 0. The molecule has 2 N–H and O–H groups in total. The van der Waals surface area contributed by atoms with Crippen LogP contribution in [0.5, 0.6) is 0 Å². The van der Waals surface area contributed by atoms with Crippen LogP contribution in [0.1, 0.15) is 13.8 Å². The van der Waals surface area contributed by atoms with Crippen LogP contribution in [0.15, 0.2) is 0 Å². The first-order valence-electron chi connectivity index (χ1n) is 4.79. The normalized spacial score (nSPS) is 24.4. The average molecular weight is 274 g/mol. The second-order valence-corrected chi connectivity index (χ2v) is 6.74. The number of hydrogen-bond donors (Lipinski definition) is 1. The van der Waals surface area contributed by atoms with Gasteiger partial charge in [-0.15, -0.1) is 0 Å². The summed E-state index contributed by atoms with van der Waals surface area (Å²) in [6, 6.07) is 0. The van der Waals surface area contributed by atoms with Crippen molar-refractivity contribution < 1.29 is 26.4 Å². The van der Waals surface area contributed by atoms with E-state index in [0.717, 1.165) is 13.8 Å². The molecule has 1 rings (SSSR count). The number of alkyl halides is 3. The lowest BCUT2D eigenvalue weighted by Gasteiger charge is -2.44. The molecule has 0 aromatic carbocycles. The van der Waals surface area contributed by atoms with Gasteiger partial charge in [0, 0.05) is 13.1 Å². The second-order valence-electron chi connectivity index (χ2n) is 4.33. The van der Waals surface area contributed by atoms with Crippen molar-refractivity contribution in [2.75, 3.05) is 13.1 Å². The van der Waals surface area contributed by atoms with E-state index >= 15 is 0 Å². The van der Waals surface area contributed by atoms with Crippen molar-refractivity contribution in [3.63, 3.8) is 0 Å². The van der Waals surface area contributed by atoms with Gasteiger partial charge < -0.3 is 5.73 Å². The monoisotopic (exact) mass is 274 g/mol. The molecule has 5 nitrogen and oxygen atoms in total. The maximum atomic E-state index is 12.4. The van der Waals surface area contributed by atoms with Gasteiger partial charge >= 0.3 is 6.18 Å². The summed E-state index contributed by atoms with van der Waals surface area (Å²) in [7, 11) is -3.99. The van der Waals surface area contributed by atoms with Gasteiger partial charge in [-0.05, 0) is 13.8 Å². The highest BCUT2D eigenvalue weighted by Crippen LogP contribution is 2.37. The van der Waals surface area contributed by atoms with Crippen LogP contribution >= 0.6 is 0 Å². The third-order valence-corrected chi connectivity index (χ3v) is 5.17. The highest BCUT2D eigenvalue weighted by atomic mass is 32.2. The predicted molar refractivity (Wildman–Crippen MR) is 53.3 cm³/mol. The zero-order chi connectivity index (χ0) is 13.6. The largest absolute Gasteiger partial charge is 0.394 e. The molecule has 17 heavy (non-hydrogen) atoms. The first-order chi connectivity index (χ1) is 7.46. The molecule has 1 fully saturated rings. The number of nitrogens with zero attached hydrogens (tertiary/aromatic N) is 1. The molecule has 0 aromatic heterocycles. The Morgan fingerprint density at radius 2 is 1.88 bits per heavy atom. The number of rotatable bonds is 3. The van der Waals surface area contributed by atoms with E-state index < -0.39 is 45.9 Å². The molecular weight excluding hydrogens is 261 g/mol. The summed E-state index contributed by atoms with van der Waals surface area (Å²) < 4.78 is 58.9. The highest BCUT2D eigenvalue weighted by Gasteiger charge is 2.61. The summed E-state index contributed by atoms with van der Waals surface area (Å²) in [5.41, 5.74) is 4.93. The van der Waals surface area contributed by atoms with Gasteiger partial charge in [-0.1, -0.05) is 0 Å². The molecule has 1 atom stereocenters. The Kier molecular flexibility index (Phi) is 3.21. The zero-order valence-electron chi connectivity index (χ0n) is 9.28. The molecule has 0 bridgehead atoms. The minimum absolute atomic E-state index is 0.248. The quantitative estimate of drug-likeness (QED) is 0.790.